The van der Waals surface area contributed by atoms with Gasteiger partial charge >= 0.3 is 6.09 Å². The second-order valence-electron chi connectivity index (χ2n) is 13.8. The zero-order chi connectivity index (χ0) is 33.7. The highest BCUT2D eigenvalue weighted by Gasteiger charge is 2.54. The van der Waals surface area contributed by atoms with Crippen LogP contribution < -0.4 is 10.6 Å². The Labute approximate surface area is 282 Å². The molecule has 3 heterocycles. The fourth-order valence-electron chi connectivity index (χ4n) is 6.97. The third kappa shape index (κ3) is 7.31. The van der Waals surface area contributed by atoms with E-state index < -0.39 is 52.5 Å². The molecule has 2 saturated carbocycles. The number of anilines is 1. The van der Waals surface area contributed by atoms with E-state index in [2.05, 4.69) is 15.6 Å². The lowest BCUT2D eigenvalue weighted by Gasteiger charge is -2.33. The largest absolute Gasteiger partial charge is 0.443 e. The number of rotatable bonds is 13. The summed E-state index contributed by atoms with van der Waals surface area (Å²) in [5.41, 5.74) is 0.856. The summed E-state index contributed by atoms with van der Waals surface area (Å²) in [4.78, 5) is 17.9. The molecule has 3 N–H and O–H groups in total. The summed E-state index contributed by atoms with van der Waals surface area (Å²) in [6.45, 7) is 3.93. The summed E-state index contributed by atoms with van der Waals surface area (Å²) >= 11 is 1.38. The number of carbonyl (C=O) groups is 1. The maximum absolute atomic E-state index is 14.2. The molecular weight excluding hydrogens is 667 g/mol. The lowest BCUT2D eigenvalue weighted by atomic mass is 9.80. The molecule has 2 unspecified atom stereocenters. The van der Waals surface area contributed by atoms with Gasteiger partial charge in [-0.2, -0.15) is 4.31 Å². The minimum Gasteiger partial charge on any atom is -0.443 e. The van der Waals surface area contributed by atoms with Gasteiger partial charge in [0.25, 0.3) is 0 Å². The summed E-state index contributed by atoms with van der Waals surface area (Å²) in [7, 11) is -4.13. The molecule has 7 rings (SSSR count). The summed E-state index contributed by atoms with van der Waals surface area (Å²) in [6, 6.07) is 6.95. The predicted octanol–water partition coefficient (Wildman–Crippen LogP) is 4.64. The van der Waals surface area contributed by atoms with Crippen molar-refractivity contribution in [2.45, 2.75) is 87.5 Å². The number of ether oxygens (including phenoxy) is 3. The number of amides is 1. The van der Waals surface area contributed by atoms with E-state index in [1.165, 1.54) is 21.7 Å². The maximum atomic E-state index is 14.2. The molecule has 2 aliphatic heterocycles. The maximum Gasteiger partial charge on any atom is 0.407 e. The minimum atomic E-state index is -4.13. The Morgan fingerprint density at radius 2 is 1.92 bits per heavy atom. The molecule has 1 aromatic heterocycles. The first-order valence-corrected chi connectivity index (χ1v) is 18.7. The Bertz CT molecular complexity index is 1750. The van der Waals surface area contributed by atoms with E-state index in [4.69, 9.17) is 14.2 Å². The lowest BCUT2D eigenvalue weighted by Crippen LogP contribution is -2.52. The monoisotopic (exact) mass is 706 g/mol. The van der Waals surface area contributed by atoms with E-state index in [-0.39, 0.29) is 53.6 Å². The molecule has 3 aromatic rings. The second kappa shape index (κ2) is 13.4. The van der Waals surface area contributed by atoms with Crippen LogP contribution in [0.25, 0.3) is 10.2 Å². The molecule has 2 aliphatic carbocycles. The van der Waals surface area contributed by atoms with Gasteiger partial charge in [0.05, 0.1) is 40.0 Å². The zero-order valence-electron chi connectivity index (χ0n) is 26.7. The lowest BCUT2D eigenvalue weighted by molar-refractivity contribution is -0.147. The van der Waals surface area contributed by atoms with E-state index in [0.717, 1.165) is 42.6 Å². The quantitative estimate of drug-likeness (QED) is 0.232. The van der Waals surface area contributed by atoms with Crippen molar-refractivity contribution in [2.24, 2.45) is 17.8 Å². The number of halogens is 2. The third-order valence-electron chi connectivity index (χ3n) is 9.46. The fraction of sp³-hybridized carbons (Fsp3) is 0.576. The van der Waals surface area contributed by atoms with Crippen molar-refractivity contribution >= 4 is 42.8 Å². The topological polar surface area (TPSA) is 139 Å². The van der Waals surface area contributed by atoms with Crippen LogP contribution in [0, 0.1) is 29.4 Å². The van der Waals surface area contributed by atoms with E-state index in [0.29, 0.717) is 29.3 Å². The van der Waals surface area contributed by atoms with Crippen molar-refractivity contribution < 1.29 is 41.3 Å². The number of benzene rings is 2. The van der Waals surface area contributed by atoms with Crippen LogP contribution >= 0.6 is 11.3 Å². The van der Waals surface area contributed by atoms with Crippen molar-refractivity contribution in [3.8, 4) is 0 Å². The van der Waals surface area contributed by atoms with E-state index in [9.17, 15) is 27.1 Å². The number of hydrogen-bond donors (Lipinski definition) is 3. The molecule has 2 aromatic carbocycles. The number of sulfonamides is 1. The molecule has 4 aliphatic rings. The van der Waals surface area contributed by atoms with Crippen molar-refractivity contribution in [3.05, 3.63) is 53.6 Å². The Morgan fingerprint density at radius 1 is 1.15 bits per heavy atom. The van der Waals surface area contributed by atoms with Crippen molar-refractivity contribution in [1.82, 2.24) is 14.6 Å². The highest BCUT2D eigenvalue weighted by molar-refractivity contribution is 7.89. The molecule has 0 spiro atoms. The molecule has 4 fully saturated rings. The Hall–Kier alpha value is -2.95. The standard InChI is InChI=1S/C33H40F2N4O7S2/c1-17(2)14-39(48(42,43)23-5-6-25-30(12-23)47-32(37-25)36-22-3-4-22)15-27(40)26(9-18-7-20(34)11-21(35)8-18)38-33(41)46-28-10-19-16-44-31-24(19)13-29(28)45-31/h5-8,11-12,17,19,22,24,26-29,31,40H,3-4,9-10,13-16H2,1-2H3,(H,36,37)(H,38,41)/t19-,24-,26+,27-,28?,29?,31-/m1/s1. The number of aliphatic hydroxyl groups excluding tert-OH is 1. The number of aromatic nitrogens is 1. The Morgan fingerprint density at radius 3 is 2.65 bits per heavy atom. The van der Waals surface area contributed by atoms with Crippen LogP contribution in [0.4, 0.5) is 18.7 Å². The molecule has 2 saturated heterocycles. The first-order chi connectivity index (χ1) is 22.9. The molecular formula is C33H40F2N4O7S2. The van der Waals surface area contributed by atoms with Crippen LogP contribution in [-0.4, -0.2) is 85.3 Å². The van der Waals surface area contributed by atoms with Crippen LogP contribution in [0.5, 0.6) is 0 Å². The highest BCUT2D eigenvalue weighted by Crippen LogP contribution is 2.47. The highest BCUT2D eigenvalue weighted by atomic mass is 32.2. The molecule has 260 valence electrons. The van der Waals surface area contributed by atoms with E-state index in [1.807, 2.05) is 13.8 Å². The van der Waals surface area contributed by atoms with Crippen molar-refractivity contribution in [1.29, 1.82) is 0 Å². The number of nitrogens with one attached hydrogen (secondary N) is 2. The van der Waals surface area contributed by atoms with Gasteiger partial charge in [-0.15, -0.1) is 0 Å². The van der Waals surface area contributed by atoms with Crippen LogP contribution in [0.15, 0.2) is 41.3 Å². The van der Waals surface area contributed by atoms with Gasteiger partial charge in [-0.3, -0.25) is 0 Å². The smallest absolute Gasteiger partial charge is 0.407 e. The molecule has 0 radical (unpaired) electrons. The third-order valence-corrected chi connectivity index (χ3v) is 12.2. The Balaban J connectivity index is 1.10. The average Bonchev–Trinajstić information content (AvgIpc) is 3.42. The van der Waals surface area contributed by atoms with Gasteiger partial charge in [0.1, 0.15) is 17.7 Å². The SMILES string of the molecule is CC(C)CN(C[C@@H](O)[C@H](Cc1cc(F)cc(F)c1)NC(=O)OC1C[C@@H]2CO[C@@H]3OC1C[C@H]23)S(=O)(=O)c1ccc2nc(NC3CC3)sc2c1. The zero-order valence-corrected chi connectivity index (χ0v) is 28.3. The molecule has 11 nitrogen and oxygen atoms in total. The minimum absolute atomic E-state index is 0.0473. The number of aliphatic hydroxyl groups is 1. The second-order valence-corrected chi connectivity index (χ2v) is 16.8. The van der Waals surface area contributed by atoms with Gasteiger partial charge in [0.15, 0.2) is 11.4 Å². The van der Waals surface area contributed by atoms with Crippen LogP contribution in [-0.2, 0) is 30.7 Å². The Kier molecular flexibility index (Phi) is 9.36. The van der Waals surface area contributed by atoms with Crippen LogP contribution in [0.1, 0.15) is 45.1 Å². The first kappa shape index (κ1) is 33.5. The number of carbonyl (C=O) groups excluding carboxylic acids is 1. The molecule has 1 amide bonds. The normalized spacial score (nSPS) is 26.3. The number of hydrogen-bond acceptors (Lipinski definition) is 10. The molecule has 7 atom stereocenters. The van der Waals surface area contributed by atoms with Gasteiger partial charge in [-0.1, -0.05) is 25.2 Å². The van der Waals surface area contributed by atoms with Gasteiger partial charge in [-0.25, -0.2) is 27.0 Å². The van der Waals surface area contributed by atoms with Crippen molar-refractivity contribution in [2.75, 3.05) is 25.0 Å². The molecule has 2 bridgehead atoms. The number of alkyl carbamates (subject to hydrolysis) is 1. The number of nitrogens with zero attached hydrogens (tertiary/aromatic N) is 2. The van der Waals surface area contributed by atoms with Gasteiger partial charge in [0.2, 0.25) is 10.0 Å². The van der Waals surface area contributed by atoms with Gasteiger partial charge in [-0.05, 0) is 79.8 Å². The van der Waals surface area contributed by atoms with Crippen molar-refractivity contribution in [3.63, 3.8) is 0 Å². The van der Waals surface area contributed by atoms with Crippen LogP contribution in [0.3, 0.4) is 0 Å². The summed E-state index contributed by atoms with van der Waals surface area (Å²) < 4.78 is 75.8. The summed E-state index contributed by atoms with van der Waals surface area (Å²) in [5.74, 6) is -1.24. The fourth-order valence-corrected chi connectivity index (χ4v) is 9.67. The summed E-state index contributed by atoms with van der Waals surface area (Å²) in [6.07, 6.45) is -0.171. The van der Waals surface area contributed by atoms with Gasteiger partial charge in [0, 0.05) is 31.1 Å². The first-order valence-electron chi connectivity index (χ1n) is 16.5. The van der Waals surface area contributed by atoms with E-state index in [1.54, 1.807) is 12.1 Å². The number of fused-ring (bicyclic) bond motifs is 2. The van der Waals surface area contributed by atoms with Crippen LogP contribution in [0.2, 0.25) is 0 Å². The predicted molar refractivity (Wildman–Crippen MR) is 174 cm³/mol. The average molecular weight is 707 g/mol. The van der Waals surface area contributed by atoms with Gasteiger partial charge < -0.3 is 30.0 Å². The molecule has 48 heavy (non-hydrogen) atoms. The van der Waals surface area contributed by atoms with E-state index >= 15 is 0 Å². The summed E-state index contributed by atoms with van der Waals surface area (Å²) in [5, 5.41) is 18.3. The number of thiazole rings is 1. The molecule has 15 heteroatoms.